The zero-order chi connectivity index (χ0) is 26.0. The molecule has 0 N–H and O–H groups in total. The van der Waals surface area contributed by atoms with Crippen molar-refractivity contribution in [2.45, 2.75) is 23.8 Å². The van der Waals surface area contributed by atoms with Crippen molar-refractivity contribution in [2.75, 3.05) is 36.8 Å². The molecule has 1 heterocycles. The van der Waals surface area contributed by atoms with E-state index >= 15 is 0 Å². The summed E-state index contributed by atoms with van der Waals surface area (Å²) in [5.74, 6) is -5.40. The van der Waals surface area contributed by atoms with Gasteiger partial charge in [0.1, 0.15) is 5.25 Å². The van der Waals surface area contributed by atoms with E-state index in [-0.39, 0.29) is 17.6 Å². The number of alkyl halides is 9. The molecule has 1 aliphatic rings. The number of benzene rings is 2. The van der Waals surface area contributed by atoms with Gasteiger partial charge in [-0.05, 0) is 11.6 Å². The molecule has 0 fully saturated rings. The van der Waals surface area contributed by atoms with Gasteiger partial charge in [0, 0.05) is 37.5 Å². The topological polar surface area (TPSA) is 40.6 Å². The lowest BCUT2D eigenvalue weighted by Crippen LogP contribution is -2.32. The summed E-state index contributed by atoms with van der Waals surface area (Å²) in [5, 5.41) is -3.15. The van der Waals surface area contributed by atoms with Crippen LogP contribution in [0.4, 0.5) is 50.9 Å². The van der Waals surface area contributed by atoms with E-state index < -0.39 is 68.5 Å². The molecule has 3 rings (SSSR count). The van der Waals surface area contributed by atoms with Crippen LogP contribution in [0.2, 0.25) is 0 Å². The molecule has 2 aromatic carbocycles. The minimum atomic E-state index is -5.57. The molecular formula is C20H15F9N2O2S. The number of carbonyl (C=O) groups is 2. The molecule has 186 valence electrons. The lowest BCUT2D eigenvalue weighted by atomic mass is 9.89. The highest BCUT2D eigenvalue weighted by Crippen LogP contribution is 2.53. The van der Waals surface area contributed by atoms with Crippen LogP contribution in [-0.4, -0.2) is 57.1 Å². The van der Waals surface area contributed by atoms with E-state index in [9.17, 15) is 49.1 Å². The number of thioether (sulfide) groups is 1. The Bertz CT molecular complexity index is 1170. The Morgan fingerprint density at radius 1 is 0.941 bits per heavy atom. The SMILES string of the molecule is CN(C)c1c(C(=O)C(F)(F)F)cc(C(=O)C(F)(F)F)c2c3c(ccc12)C(C(F)(F)F)SCN3C. The average molecular weight is 518 g/mol. The Kier molecular flexibility index (Phi) is 6.29. The van der Waals surface area contributed by atoms with Crippen LogP contribution in [0.25, 0.3) is 10.8 Å². The van der Waals surface area contributed by atoms with E-state index in [1.165, 1.54) is 26.0 Å². The number of nitrogens with zero attached hydrogens (tertiary/aromatic N) is 2. The van der Waals surface area contributed by atoms with E-state index in [1.54, 1.807) is 0 Å². The van der Waals surface area contributed by atoms with Crippen molar-refractivity contribution in [2.24, 2.45) is 0 Å². The maximum atomic E-state index is 13.6. The fourth-order valence-corrected chi connectivity index (χ4v) is 4.94. The fraction of sp³-hybridized carbons (Fsp3) is 0.400. The smallest absolute Gasteiger partial charge is 0.377 e. The molecule has 0 radical (unpaired) electrons. The molecule has 1 atom stereocenters. The van der Waals surface area contributed by atoms with E-state index in [0.717, 1.165) is 17.0 Å². The molecule has 2 aromatic rings. The number of ketones is 2. The first-order valence-electron chi connectivity index (χ1n) is 9.30. The molecule has 1 unspecified atom stereocenters. The zero-order valence-electron chi connectivity index (χ0n) is 17.5. The summed E-state index contributed by atoms with van der Waals surface area (Å²) in [6.07, 6.45) is -15.8. The van der Waals surface area contributed by atoms with Gasteiger partial charge < -0.3 is 9.80 Å². The van der Waals surface area contributed by atoms with E-state index in [0.29, 0.717) is 11.8 Å². The monoisotopic (exact) mass is 518 g/mol. The first-order valence-corrected chi connectivity index (χ1v) is 10.4. The molecular weight excluding hydrogens is 503 g/mol. The largest absolute Gasteiger partial charge is 0.454 e. The highest BCUT2D eigenvalue weighted by molar-refractivity contribution is 7.99. The fourth-order valence-electron chi connectivity index (χ4n) is 3.88. The van der Waals surface area contributed by atoms with Gasteiger partial charge in [-0.3, -0.25) is 9.59 Å². The predicted molar refractivity (Wildman–Crippen MR) is 109 cm³/mol. The summed E-state index contributed by atoms with van der Waals surface area (Å²) in [6.45, 7) is 0. The minimum Gasteiger partial charge on any atom is -0.377 e. The third-order valence-corrected chi connectivity index (χ3v) is 6.52. The number of hydrogen-bond donors (Lipinski definition) is 0. The molecule has 1 aliphatic heterocycles. The van der Waals surface area contributed by atoms with Crippen molar-refractivity contribution in [1.82, 2.24) is 0 Å². The number of anilines is 2. The number of hydrogen-bond acceptors (Lipinski definition) is 5. The normalized spacial score (nSPS) is 17.1. The highest BCUT2D eigenvalue weighted by Gasteiger charge is 2.48. The minimum absolute atomic E-state index is 0.168. The van der Waals surface area contributed by atoms with Crippen LogP contribution in [0.3, 0.4) is 0 Å². The maximum Gasteiger partial charge on any atom is 0.454 e. The summed E-state index contributed by atoms with van der Waals surface area (Å²) in [4.78, 5) is 26.6. The van der Waals surface area contributed by atoms with E-state index in [2.05, 4.69) is 0 Å². The number of fused-ring (bicyclic) bond motifs is 3. The van der Waals surface area contributed by atoms with Crippen LogP contribution in [0, 0.1) is 0 Å². The molecule has 34 heavy (non-hydrogen) atoms. The van der Waals surface area contributed by atoms with Crippen molar-refractivity contribution in [3.05, 3.63) is 34.9 Å². The Hall–Kier alpha value is -2.64. The second-order valence-corrected chi connectivity index (χ2v) is 8.77. The van der Waals surface area contributed by atoms with Crippen molar-refractivity contribution < 1.29 is 49.1 Å². The Labute approximate surface area is 190 Å². The first kappa shape index (κ1) is 26.0. The summed E-state index contributed by atoms with van der Waals surface area (Å²) in [6, 6.07) is 2.01. The Balaban J connectivity index is 2.57. The zero-order valence-corrected chi connectivity index (χ0v) is 18.4. The van der Waals surface area contributed by atoms with Crippen molar-refractivity contribution in [3.8, 4) is 0 Å². The summed E-state index contributed by atoms with van der Waals surface area (Å²) >= 11 is 0.452. The average Bonchev–Trinajstić information content (AvgIpc) is 2.68. The van der Waals surface area contributed by atoms with Crippen LogP contribution < -0.4 is 9.80 Å². The van der Waals surface area contributed by atoms with Gasteiger partial charge in [-0.25, -0.2) is 0 Å². The van der Waals surface area contributed by atoms with Gasteiger partial charge in [0.25, 0.3) is 11.6 Å². The molecule has 0 spiro atoms. The molecule has 4 nitrogen and oxygen atoms in total. The van der Waals surface area contributed by atoms with Gasteiger partial charge in [-0.15, -0.1) is 11.8 Å². The molecule has 0 amide bonds. The second kappa shape index (κ2) is 8.24. The number of carbonyl (C=O) groups excluding carboxylic acids is 2. The quantitative estimate of drug-likeness (QED) is 0.361. The third-order valence-electron chi connectivity index (χ3n) is 5.13. The lowest BCUT2D eigenvalue weighted by molar-refractivity contribution is -0.129. The highest BCUT2D eigenvalue weighted by atomic mass is 32.2. The Morgan fingerprint density at radius 2 is 1.47 bits per heavy atom. The number of halogens is 9. The molecule has 0 saturated heterocycles. The van der Waals surface area contributed by atoms with Crippen LogP contribution >= 0.6 is 11.8 Å². The standard InChI is InChI=1S/C20H15F9N2O2S/c1-30(2)13-8-4-5-9-14(31(3)7-34-17(9)20(27,28)29)12(8)10(15(32)18(21,22)23)6-11(13)16(33)19(24,25)26/h4-6,17H,7H2,1-3H3. The second-order valence-electron chi connectivity index (χ2n) is 7.71. The Morgan fingerprint density at radius 3 is 1.94 bits per heavy atom. The van der Waals surface area contributed by atoms with Crippen molar-refractivity contribution >= 4 is 45.5 Å². The molecule has 0 aliphatic carbocycles. The summed E-state index contributed by atoms with van der Waals surface area (Å²) in [5.41, 5.74) is -3.86. The van der Waals surface area contributed by atoms with Gasteiger partial charge >= 0.3 is 18.5 Å². The van der Waals surface area contributed by atoms with Crippen LogP contribution in [0.15, 0.2) is 18.2 Å². The third kappa shape index (κ3) is 4.39. The molecule has 0 bridgehead atoms. The van der Waals surface area contributed by atoms with Crippen LogP contribution in [0.5, 0.6) is 0 Å². The van der Waals surface area contributed by atoms with Crippen molar-refractivity contribution in [1.29, 1.82) is 0 Å². The van der Waals surface area contributed by atoms with Crippen LogP contribution in [-0.2, 0) is 0 Å². The van der Waals surface area contributed by atoms with Gasteiger partial charge in [-0.2, -0.15) is 39.5 Å². The predicted octanol–water partition coefficient (Wildman–Crippen LogP) is 6.14. The van der Waals surface area contributed by atoms with Gasteiger partial charge in [0.2, 0.25) is 0 Å². The van der Waals surface area contributed by atoms with Gasteiger partial charge in [0.05, 0.1) is 22.8 Å². The molecule has 14 heteroatoms. The first-order chi connectivity index (χ1) is 15.4. The van der Waals surface area contributed by atoms with Crippen LogP contribution in [0.1, 0.15) is 31.5 Å². The summed E-state index contributed by atoms with van der Waals surface area (Å²) in [7, 11) is 3.71. The molecule has 0 aromatic heterocycles. The van der Waals surface area contributed by atoms with Gasteiger partial charge in [0.15, 0.2) is 0 Å². The lowest BCUT2D eigenvalue weighted by Gasteiger charge is -2.36. The van der Waals surface area contributed by atoms with Gasteiger partial charge in [-0.1, -0.05) is 12.1 Å². The van der Waals surface area contributed by atoms with E-state index in [1.807, 2.05) is 0 Å². The van der Waals surface area contributed by atoms with Crippen molar-refractivity contribution in [3.63, 3.8) is 0 Å². The summed E-state index contributed by atoms with van der Waals surface area (Å²) < 4.78 is 121. The van der Waals surface area contributed by atoms with E-state index in [4.69, 9.17) is 0 Å². The maximum absolute atomic E-state index is 13.6. The number of rotatable bonds is 3. The number of Topliss-reactive ketones (excluding diaryl/α,β-unsaturated/α-hetero) is 2. The molecule has 0 saturated carbocycles.